The van der Waals surface area contributed by atoms with Gasteiger partial charge in [-0.25, -0.2) is 4.79 Å². The number of aliphatic hydroxyl groups excluding tert-OH is 1. The summed E-state index contributed by atoms with van der Waals surface area (Å²) in [6.45, 7) is 5.16. The van der Waals surface area contributed by atoms with Gasteiger partial charge < -0.3 is 15.9 Å². The van der Waals surface area contributed by atoms with Crippen molar-refractivity contribution in [2.75, 3.05) is 12.0 Å². The summed E-state index contributed by atoms with van der Waals surface area (Å²) >= 11 is 1.23. The van der Waals surface area contributed by atoms with E-state index in [9.17, 15) is 24.6 Å². The maximum absolute atomic E-state index is 12.5. The van der Waals surface area contributed by atoms with Crippen LogP contribution in [0.3, 0.4) is 0 Å². The second kappa shape index (κ2) is 9.81. The number of carbonyl (C=O) groups is 3. The zero-order chi connectivity index (χ0) is 17.4. The minimum atomic E-state index is -1.62. The molecule has 4 N–H and O–H groups in total. The van der Waals surface area contributed by atoms with Crippen molar-refractivity contribution in [3.05, 3.63) is 0 Å². The smallest absolute Gasteiger partial charge is 0.329 e. The topological polar surface area (TPSA) is 121 Å². The van der Waals surface area contributed by atoms with Crippen molar-refractivity contribution < 1.29 is 24.6 Å². The summed E-state index contributed by atoms with van der Waals surface area (Å²) in [5.41, 5.74) is 5.78. The number of aliphatic hydroxyl groups is 1. The average molecular weight is 334 g/mol. The Morgan fingerprint density at radius 1 is 1.27 bits per heavy atom. The Bertz CT molecular complexity index is 403. The molecule has 0 fully saturated rings. The molecule has 0 aliphatic carbocycles. The first-order valence-electron chi connectivity index (χ1n) is 7.20. The fourth-order valence-electron chi connectivity index (χ4n) is 1.90. The largest absolute Gasteiger partial charge is 0.480 e. The third-order valence-electron chi connectivity index (χ3n) is 3.21. The van der Waals surface area contributed by atoms with E-state index in [0.29, 0.717) is 11.3 Å². The summed E-state index contributed by atoms with van der Waals surface area (Å²) in [6.07, 6.45) is 0.829. The molecule has 0 aromatic rings. The maximum atomic E-state index is 12.5. The van der Waals surface area contributed by atoms with E-state index < -0.39 is 36.0 Å². The van der Waals surface area contributed by atoms with Crippen molar-refractivity contribution in [1.29, 1.82) is 0 Å². The highest BCUT2D eigenvalue weighted by Crippen LogP contribution is 2.16. The Hall–Kier alpha value is -1.12. The molecule has 0 bridgehead atoms. The molecule has 2 amide bonds. The van der Waals surface area contributed by atoms with Gasteiger partial charge in [-0.3, -0.25) is 14.5 Å². The van der Waals surface area contributed by atoms with Crippen LogP contribution in [-0.2, 0) is 14.4 Å². The maximum Gasteiger partial charge on any atom is 0.329 e. The Morgan fingerprint density at radius 2 is 1.82 bits per heavy atom. The molecule has 0 saturated carbocycles. The molecule has 0 aromatic heterocycles. The van der Waals surface area contributed by atoms with Crippen LogP contribution in [0.2, 0.25) is 0 Å². The van der Waals surface area contributed by atoms with E-state index in [0.717, 1.165) is 0 Å². The molecule has 22 heavy (non-hydrogen) atoms. The Kier molecular flexibility index (Phi) is 9.31. The first-order valence-corrected chi connectivity index (χ1v) is 8.59. The monoisotopic (exact) mass is 334 g/mol. The van der Waals surface area contributed by atoms with Crippen molar-refractivity contribution in [1.82, 2.24) is 4.90 Å². The van der Waals surface area contributed by atoms with Gasteiger partial charge >= 0.3 is 5.97 Å². The van der Waals surface area contributed by atoms with E-state index in [2.05, 4.69) is 0 Å². The standard InChI is InChI=1S/C14H26N2O5S/c1-5-6-10(18)16(13(19)11(15)8(2)3)12(14(20)21)9(17)7-22-4/h8-9,11-12,17H,5-7,15H2,1-4H3,(H,20,21). The Labute approximate surface area is 135 Å². The molecule has 128 valence electrons. The molecule has 7 nitrogen and oxygen atoms in total. The molecule has 3 unspecified atom stereocenters. The van der Waals surface area contributed by atoms with Crippen LogP contribution in [0, 0.1) is 5.92 Å². The van der Waals surface area contributed by atoms with Gasteiger partial charge in [-0.15, -0.1) is 0 Å². The van der Waals surface area contributed by atoms with E-state index in [4.69, 9.17) is 5.73 Å². The minimum absolute atomic E-state index is 0.0202. The van der Waals surface area contributed by atoms with Crippen molar-refractivity contribution in [2.45, 2.75) is 51.8 Å². The molecular weight excluding hydrogens is 308 g/mol. The average Bonchev–Trinajstić information content (AvgIpc) is 2.42. The Balaban J connectivity index is 5.65. The summed E-state index contributed by atoms with van der Waals surface area (Å²) in [5.74, 6) is -2.97. The third kappa shape index (κ3) is 5.58. The number of rotatable bonds is 9. The van der Waals surface area contributed by atoms with Gasteiger partial charge in [0.15, 0.2) is 6.04 Å². The van der Waals surface area contributed by atoms with Crippen molar-refractivity contribution in [3.63, 3.8) is 0 Å². The highest BCUT2D eigenvalue weighted by atomic mass is 32.2. The van der Waals surface area contributed by atoms with Gasteiger partial charge in [0.25, 0.3) is 0 Å². The van der Waals surface area contributed by atoms with Crippen LogP contribution in [0.5, 0.6) is 0 Å². The lowest BCUT2D eigenvalue weighted by molar-refractivity contribution is -0.163. The first-order chi connectivity index (χ1) is 10.2. The fraction of sp³-hybridized carbons (Fsp3) is 0.786. The van der Waals surface area contributed by atoms with E-state index in [1.165, 1.54) is 11.8 Å². The molecule has 0 radical (unpaired) electrons. The lowest BCUT2D eigenvalue weighted by Gasteiger charge is -2.32. The van der Waals surface area contributed by atoms with Crippen molar-refractivity contribution in [3.8, 4) is 0 Å². The van der Waals surface area contributed by atoms with Gasteiger partial charge in [-0.05, 0) is 18.6 Å². The lowest BCUT2D eigenvalue weighted by Crippen LogP contribution is -2.59. The molecule has 0 aromatic carbocycles. The van der Waals surface area contributed by atoms with Crippen molar-refractivity contribution in [2.24, 2.45) is 11.7 Å². The van der Waals surface area contributed by atoms with Gasteiger partial charge in [0.2, 0.25) is 11.8 Å². The van der Waals surface area contributed by atoms with Gasteiger partial charge in [0, 0.05) is 12.2 Å². The number of nitrogens with two attached hydrogens (primary N) is 1. The van der Waals surface area contributed by atoms with Gasteiger partial charge in [0.05, 0.1) is 12.1 Å². The summed E-state index contributed by atoms with van der Waals surface area (Å²) in [5, 5.41) is 19.4. The van der Waals surface area contributed by atoms with Gasteiger partial charge in [-0.2, -0.15) is 11.8 Å². The second-order valence-corrected chi connectivity index (χ2v) is 6.34. The van der Waals surface area contributed by atoms with Crippen LogP contribution >= 0.6 is 11.8 Å². The predicted molar refractivity (Wildman–Crippen MR) is 85.4 cm³/mol. The number of amides is 2. The number of nitrogens with zero attached hydrogens (tertiary/aromatic N) is 1. The zero-order valence-electron chi connectivity index (χ0n) is 13.5. The molecule has 8 heteroatoms. The van der Waals surface area contributed by atoms with E-state index in [1.54, 1.807) is 27.0 Å². The molecule has 3 atom stereocenters. The molecule has 0 heterocycles. The normalized spacial score (nSPS) is 15.2. The number of hydrogen-bond donors (Lipinski definition) is 3. The highest BCUT2D eigenvalue weighted by Gasteiger charge is 2.41. The molecule has 0 aliphatic rings. The third-order valence-corrected chi connectivity index (χ3v) is 3.88. The number of imide groups is 1. The quantitative estimate of drug-likeness (QED) is 0.554. The minimum Gasteiger partial charge on any atom is -0.480 e. The first kappa shape index (κ1) is 20.9. The lowest BCUT2D eigenvalue weighted by atomic mass is 10.0. The van der Waals surface area contributed by atoms with Crippen LogP contribution in [0.25, 0.3) is 0 Å². The molecule has 0 saturated heterocycles. The SMILES string of the molecule is CCCC(=O)N(C(=O)C(N)C(C)C)C(C(=O)O)C(O)CSC. The second-order valence-electron chi connectivity index (χ2n) is 5.43. The van der Waals surface area contributed by atoms with Gasteiger partial charge in [-0.1, -0.05) is 20.8 Å². The van der Waals surface area contributed by atoms with Crippen LogP contribution in [0.1, 0.15) is 33.6 Å². The van der Waals surface area contributed by atoms with Crippen LogP contribution < -0.4 is 5.73 Å². The number of carboxylic acids is 1. The number of hydrogen-bond acceptors (Lipinski definition) is 6. The highest BCUT2D eigenvalue weighted by molar-refractivity contribution is 7.98. The summed E-state index contributed by atoms with van der Waals surface area (Å²) < 4.78 is 0. The number of thioether (sulfide) groups is 1. The van der Waals surface area contributed by atoms with E-state index >= 15 is 0 Å². The fourth-order valence-corrected chi connectivity index (χ4v) is 2.43. The molecule has 0 rings (SSSR count). The summed E-state index contributed by atoms with van der Waals surface area (Å²) in [6, 6.07) is -2.62. The number of aliphatic carboxylic acids is 1. The zero-order valence-corrected chi connectivity index (χ0v) is 14.3. The predicted octanol–water partition coefficient (Wildman–Crippen LogP) is 0.302. The number of carbonyl (C=O) groups excluding carboxylic acids is 2. The number of carboxylic acid groups (broad SMARTS) is 1. The van der Waals surface area contributed by atoms with E-state index in [1.807, 2.05) is 0 Å². The van der Waals surface area contributed by atoms with Crippen LogP contribution in [0.15, 0.2) is 0 Å². The van der Waals surface area contributed by atoms with Crippen LogP contribution in [-0.4, -0.2) is 63.1 Å². The van der Waals surface area contributed by atoms with E-state index in [-0.39, 0.29) is 18.1 Å². The molecule has 0 aliphatic heterocycles. The van der Waals surface area contributed by atoms with Gasteiger partial charge in [0.1, 0.15) is 0 Å². The van der Waals surface area contributed by atoms with Crippen LogP contribution in [0.4, 0.5) is 0 Å². The molecular formula is C14H26N2O5S. The Morgan fingerprint density at radius 3 is 2.18 bits per heavy atom. The summed E-state index contributed by atoms with van der Waals surface area (Å²) in [4.78, 5) is 36.8. The molecule has 0 spiro atoms. The summed E-state index contributed by atoms with van der Waals surface area (Å²) in [7, 11) is 0. The van der Waals surface area contributed by atoms with Crippen molar-refractivity contribution >= 4 is 29.5 Å².